The topological polar surface area (TPSA) is 128 Å². The van der Waals surface area contributed by atoms with Gasteiger partial charge in [0.25, 0.3) is 11.6 Å². The Balaban J connectivity index is 1.71. The lowest BCUT2D eigenvalue weighted by Crippen LogP contribution is -2.40. The van der Waals surface area contributed by atoms with Crippen LogP contribution < -0.4 is 14.4 Å². The molecule has 1 aromatic heterocycles. The summed E-state index contributed by atoms with van der Waals surface area (Å²) in [5.41, 5.74) is -0.206. The fraction of sp³-hybridized carbons (Fsp3) is 0.357. The van der Waals surface area contributed by atoms with Gasteiger partial charge in [-0.3, -0.25) is 20.2 Å². The maximum Gasteiger partial charge on any atom is 0.339 e. The second-order valence-corrected chi connectivity index (χ2v) is 11.4. The maximum atomic E-state index is 13.3. The van der Waals surface area contributed by atoms with Crippen LogP contribution in [0.5, 0.6) is 11.8 Å². The van der Waals surface area contributed by atoms with Crippen molar-refractivity contribution in [2.24, 2.45) is 0 Å². The third kappa shape index (κ3) is 10.3. The first kappa shape index (κ1) is 32.3. The predicted molar refractivity (Wildman–Crippen MR) is 165 cm³/mol. The van der Waals surface area contributed by atoms with Crippen LogP contribution in [0.25, 0.3) is 0 Å². The van der Waals surface area contributed by atoms with Crippen molar-refractivity contribution in [3.05, 3.63) is 80.0 Å². The Morgan fingerprint density at radius 1 is 1.05 bits per heavy atom. The molecule has 1 heterocycles. The first-order chi connectivity index (χ1) is 19.8. The van der Waals surface area contributed by atoms with Gasteiger partial charge in [0.1, 0.15) is 11.3 Å². The van der Waals surface area contributed by atoms with Gasteiger partial charge in [0.15, 0.2) is 0 Å². The largest absolute Gasteiger partial charge is 0.423 e. The van der Waals surface area contributed by atoms with Crippen LogP contribution in [-0.2, 0) is 0 Å². The fourth-order valence-corrected chi connectivity index (χ4v) is 5.19. The Morgan fingerprint density at radius 2 is 1.71 bits per heavy atom. The molecule has 1 N–H and O–H groups in total. The zero-order chi connectivity index (χ0) is 29.6. The van der Waals surface area contributed by atoms with Gasteiger partial charge in [-0.2, -0.15) is 0 Å². The quantitative estimate of drug-likeness (QED) is 0.0739. The molecule has 0 saturated heterocycles. The summed E-state index contributed by atoms with van der Waals surface area (Å²) < 4.78 is 7.67. The van der Waals surface area contributed by atoms with Gasteiger partial charge in [0.2, 0.25) is 0 Å². The van der Waals surface area contributed by atoms with Gasteiger partial charge in [-0.05, 0) is 58.6 Å². The Bertz CT molecular complexity index is 1330. The number of anilines is 1. The highest BCUT2D eigenvalue weighted by atomic mass is 79.9. The minimum absolute atomic E-state index is 0.0940. The lowest BCUT2D eigenvalue weighted by molar-refractivity contribution is -0.385. The number of hydrogen-bond acceptors (Lipinski definition) is 8. The van der Waals surface area contributed by atoms with E-state index in [2.05, 4.69) is 38.1 Å². The molecule has 41 heavy (non-hydrogen) atoms. The van der Waals surface area contributed by atoms with Crippen LogP contribution in [0.2, 0.25) is 5.02 Å². The number of urea groups is 1. The molecule has 0 saturated carbocycles. The van der Waals surface area contributed by atoms with Crippen LogP contribution >= 0.6 is 39.5 Å². The summed E-state index contributed by atoms with van der Waals surface area (Å²) in [6.45, 7) is 2.19. The molecule has 218 valence electrons. The number of amides is 3. The number of ether oxygens (including phenoxy) is 1. The summed E-state index contributed by atoms with van der Waals surface area (Å²) in [5, 5.41) is 13.8. The van der Waals surface area contributed by atoms with Crippen LogP contribution in [-0.4, -0.2) is 32.6 Å². The normalized spacial score (nSPS) is 10.7. The molecule has 10 nitrogen and oxygen atoms in total. The van der Waals surface area contributed by atoms with Gasteiger partial charge in [-0.25, -0.2) is 19.1 Å². The number of benzene rings is 2. The average molecular weight is 665 g/mol. The van der Waals surface area contributed by atoms with Crippen LogP contribution in [0.4, 0.5) is 16.2 Å². The number of unbranched alkanes of at least 4 members (excludes halogenated alkanes) is 7. The van der Waals surface area contributed by atoms with Crippen molar-refractivity contribution in [2.45, 2.75) is 58.3 Å². The fourth-order valence-electron chi connectivity index (χ4n) is 3.83. The summed E-state index contributed by atoms with van der Waals surface area (Å²) in [4.78, 5) is 45.0. The van der Waals surface area contributed by atoms with Crippen LogP contribution in [0, 0.1) is 10.1 Å². The molecular formula is C28H31BrClN5O5S. The number of halogens is 2. The molecular weight excluding hydrogens is 634 g/mol. The number of nitrogens with zero attached hydrogens (tertiary/aromatic N) is 4. The number of carbonyl (C=O) groups excluding carboxylic acids is 2. The number of carbonyl (C=O) groups is 2. The van der Waals surface area contributed by atoms with Crippen molar-refractivity contribution in [1.82, 2.24) is 15.3 Å². The zero-order valence-corrected chi connectivity index (χ0v) is 25.7. The number of rotatable bonds is 15. The summed E-state index contributed by atoms with van der Waals surface area (Å²) in [7, 11) is 0. The van der Waals surface area contributed by atoms with Gasteiger partial charge < -0.3 is 4.74 Å². The van der Waals surface area contributed by atoms with E-state index >= 15 is 0 Å². The number of nitro groups is 1. The molecule has 0 aliphatic heterocycles. The first-order valence-electron chi connectivity index (χ1n) is 13.3. The third-order valence-electron chi connectivity index (χ3n) is 5.92. The van der Waals surface area contributed by atoms with Crippen molar-refractivity contribution in [3.63, 3.8) is 0 Å². The standard InChI is InChI=1S/C28H31BrClN5O5S/c1-2-3-4-5-6-7-8-11-16-41-34(28(37)33-26(36)22-12-9-10-13-24(22)35(38)39)21-14-15-25(23(30)17-21)40-27-31-18-20(29)19-32-27/h9-10,12-15,17-19H,2-8,11,16H2,1H3,(H,33,36,37). The summed E-state index contributed by atoms with van der Waals surface area (Å²) in [6, 6.07) is 9.52. The molecule has 3 aromatic rings. The minimum Gasteiger partial charge on any atom is -0.423 e. The van der Waals surface area contributed by atoms with Crippen molar-refractivity contribution in [3.8, 4) is 11.8 Å². The average Bonchev–Trinajstić information content (AvgIpc) is 2.96. The van der Waals surface area contributed by atoms with Crippen molar-refractivity contribution < 1.29 is 19.2 Å². The Kier molecular flexibility index (Phi) is 13.3. The van der Waals surface area contributed by atoms with E-state index in [-0.39, 0.29) is 22.3 Å². The van der Waals surface area contributed by atoms with Gasteiger partial charge in [0.05, 0.1) is 20.1 Å². The molecule has 2 aromatic carbocycles. The van der Waals surface area contributed by atoms with Gasteiger partial charge >= 0.3 is 12.0 Å². The van der Waals surface area contributed by atoms with E-state index in [1.54, 1.807) is 12.1 Å². The molecule has 0 radical (unpaired) electrons. The second-order valence-electron chi connectivity index (χ2n) is 9.04. The second kappa shape index (κ2) is 16.9. The minimum atomic E-state index is -0.876. The smallest absolute Gasteiger partial charge is 0.339 e. The van der Waals surface area contributed by atoms with Crippen molar-refractivity contribution in [2.75, 3.05) is 10.1 Å². The third-order valence-corrected chi connectivity index (χ3v) is 7.73. The first-order valence-corrected chi connectivity index (χ1v) is 15.4. The van der Waals surface area contributed by atoms with Gasteiger partial charge in [-0.1, -0.05) is 75.6 Å². The van der Waals surface area contributed by atoms with Gasteiger partial charge in [0, 0.05) is 24.2 Å². The van der Waals surface area contributed by atoms with E-state index in [9.17, 15) is 19.7 Å². The van der Waals surface area contributed by atoms with Crippen LogP contribution in [0.3, 0.4) is 0 Å². The van der Waals surface area contributed by atoms with E-state index in [1.165, 1.54) is 91.1 Å². The molecule has 0 atom stereocenters. The summed E-state index contributed by atoms with van der Waals surface area (Å²) >= 11 is 11.0. The monoisotopic (exact) mass is 663 g/mol. The number of aromatic nitrogens is 2. The van der Waals surface area contributed by atoms with Gasteiger partial charge in [-0.15, -0.1) is 0 Å². The van der Waals surface area contributed by atoms with E-state index in [1.807, 2.05) is 0 Å². The van der Waals surface area contributed by atoms with E-state index < -0.39 is 22.5 Å². The summed E-state index contributed by atoms with van der Waals surface area (Å²) in [5.74, 6) is 0.0190. The molecule has 0 spiro atoms. The highest BCUT2D eigenvalue weighted by Crippen LogP contribution is 2.34. The molecule has 0 bridgehead atoms. The zero-order valence-electron chi connectivity index (χ0n) is 22.6. The lowest BCUT2D eigenvalue weighted by atomic mass is 10.1. The van der Waals surface area contributed by atoms with Crippen LogP contribution in [0.15, 0.2) is 59.3 Å². The number of imide groups is 1. The SMILES string of the molecule is CCCCCCCCCCSN(C(=O)NC(=O)c1ccccc1[N+](=O)[O-])c1ccc(Oc2ncc(Br)cn2)c(Cl)c1. The highest BCUT2D eigenvalue weighted by Gasteiger charge is 2.25. The number of para-hydroxylation sites is 1. The van der Waals surface area contributed by atoms with Crippen molar-refractivity contribution >= 4 is 62.8 Å². The molecule has 3 rings (SSSR count). The molecule has 0 aliphatic carbocycles. The predicted octanol–water partition coefficient (Wildman–Crippen LogP) is 8.74. The Hall–Kier alpha value is -3.22. The molecule has 3 amide bonds. The Labute approximate surface area is 256 Å². The van der Waals surface area contributed by atoms with E-state index in [4.69, 9.17) is 16.3 Å². The van der Waals surface area contributed by atoms with E-state index in [0.29, 0.717) is 15.9 Å². The summed E-state index contributed by atoms with van der Waals surface area (Å²) in [6.07, 6.45) is 12.2. The molecule has 0 unspecified atom stereocenters. The van der Waals surface area contributed by atoms with Crippen LogP contribution in [0.1, 0.15) is 68.6 Å². The number of nitrogens with one attached hydrogen (secondary N) is 1. The lowest BCUT2D eigenvalue weighted by Gasteiger charge is -2.22. The molecule has 0 fully saturated rings. The maximum absolute atomic E-state index is 13.3. The number of nitro benzene ring substituents is 1. The Morgan fingerprint density at radius 3 is 2.37 bits per heavy atom. The van der Waals surface area contributed by atoms with E-state index in [0.717, 1.165) is 19.3 Å². The molecule has 0 aliphatic rings. The number of hydrogen-bond donors (Lipinski definition) is 1. The molecule has 13 heteroatoms. The highest BCUT2D eigenvalue weighted by molar-refractivity contribution is 9.10. The van der Waals surface area contributed by atoms with Crippen molar-refractivity contribution in [1.29, 1.82) is 0 Å².